The monoisotopic (exact) mass is 290 g/mol. The first-order valence-electron chi connectivity index (χ1n) is 6.23. The third kappa shape index (κ3) is 2.44. The summed E-state index contributed by atoms with van der Waals surface area (Å²) >= 11 is 1.61. The Labute approximate surface area is 119 Å². The molecule has 0 fully saturated rings. The number of hydrogen-bond donors (Lipinski definition) is 1. The molecule has 102 valence electrons. The molecular weight excluding hydrogens is 278 g/mol. The largest absolute Gasteiger partial charge is 0.388 e. The van der Waals surface area contributed by atoms with E-state index in [4.69, 9.17) is 0 Å². The minimum Gasteiger partial charge on any atom is -0.388 e. The first-order chi connectivity index (χ1) is 9.65. The van der Waals surface area contributed by atoms with Gasteiger partial charge in [-0.05, 0) is 40.1 Å². The van der Waals surface area contributed by atoms with Gasteiger partial charge in [0.25, 0.3) is 0 Å². The summed E-state index contributed by atoms with van der Waals surface area (Å²) in [5, 5.41) is 13.3. The topological polar surface area (TPSA) is 20.2 Å². The predicted molar refractivity (Wildman–Crippen MR) is 76.8 cm³/mol. The van der Waals surface area contributed by atoms with Gasteiger partial charge >= 0.3 is 0 Å². The van der Waals surface area contributed by atoms with Gasteiger partial charge in [0.2, 0.25) is 0 Å². The number of aliphatic hydroxyl groups excluding tert-OH is 1. The van der Waals surface area contributed by atoms with Crippen molar-refractivity contribution in [2.45, 2.75) is 12.5 Å². The fraction of sp³-hybridized carbons (Fsp3) is 0.125. The Morgan fingerprint density at radius 2 is 1.85 bits per heavy atom. The van der Waals surface area contributed by atoms with Crippen LogP contribution in [0.5, 0.6) is 0 Å². The van der Waals surface area contributed by atoms with Crippen LogP contribution >= 0.6 is 11.3 Å². The summed E-state index contributed by atoms with van der Waals surface area (Å²) in [6.07, 6.45) is -0.460. The molecule has 1 N–H and O–H groups in total. The van der Waals surface area contributed by atoms with Gasteiger partial charge in [0.15, 0.2) is 11.6 Å². The molecule has 1 heterocycles. The van der Waals surface area contributed by atoms with E-state index >= 15 is 0 Å². The Morgan fingerprint density at radius 3 is 2.65 bits per heavy atom. The fourth-order valence-electron chi connectivity index (χ4n) is 2.24. The van der Waals surface area contributed by atoms with Crippen LogP contribution in [-0.2, 0) is 6.42 Å². The van der Waals surface area contributed by atoms with Crippen LogP contribution in [-0.4, -0.2) is 5.11 Å². The normalized spacial score (nSPS) is 12.8. The van der Waals surface area contributed by atoms with Crippen molar-refractivity contribution in [2.75, 3.05) is 0 Å². The molecule has 0 bridgehead atoms. The Morgan fingerprint density at radius 1 is 1.05 bits per heavy atom. The molecule has 3 aromatic rings. The van der Waals surface area contributed by atoms with E-state index in [0.717, 1.165) is 27.8 Å². The van der Waals surface area contributed by atoms with Crippen molar-refractivity contribution in [3.8, 4) is 0 Å². The molecule has 0 saturated carbocycles. The number of thiophene rings is 1. The van der Waals surface area contributed by atoms with Crippen LogP contribution in [0.4, 0.5) is 8.78 Å². The lowest BCUT2D eigenvalue weighted by Crippen LogP contribution is -2.02. The first-order valence-corrected chi connectivity index (χ1v) is 7.11. The summed E-state index contributed by atoms with van der Waals surface area (Å²) in [6, 6.07) is 11.4. The quantitative estimate of drug-likeness (QED) is 0.755. The van der Waals surface area contributed by atoms with Gasteiger partial charge in [-0.15, -0.1) is 11.3 Å². The SMILES string of the molecule is OC(Cc1csc2ccccc12)c1ccc(F)c(F)c1. The molecule has 1 aromatic heterocycles. The first kappa shape index (κ1) is 13.2. The van der Waals surface area contributed by atoms with Gasteiger partial charge in [-0.2, -0.15) is 0 Å². The summed E-state index contributed by atoms with van der Waals surface area (Å²) in [7, 11) is 0. The second-order valence-electron chi connectivity index (χ2n) is 4.65. The van der Waals surface area contributed by atoms with E-state index in [1.807, 2.05) is 29.6 Å². The van der Waals surface area contributed by atoms with Gasteiger partial charge in [-0.1, -0.05) is 24.3 Å². The summed E-state index contributed by atoms with van der Waals surface area (Å²) < 4.78 is 27.2. The smallest absolute Gasteiger partial charge is 0.159 e. The van der Waals surface area contributed by atoms with Gasteiger partial charge in [-0.3, -0.25) is 0 Å². The van der Waals surface area contributed by atoms with E-state index in [1.165, 1.54) is 6.07 Å². The minimum absolute atomic E-state index is 0.384. The highest BCUT2D eigenvalue weighted by Gasteiger charge is 2.14. The average Bonchev–Trinajstić information content (AvgIpc) is 2.85. The molecule has 0 saturated heterocycles. The average molecular weight is 290 g/mol. The number of aliphatic hydroxyl groups is 1. The zero-order valence-electron chi connectivity index (χ0n) is 10.5. The van der Waals surface area contributed by atoms with Crippen LogP contribution in [0.1, 0.15) is 17.2 Å². The lowest BCUT2D eigenvalue weighted by Gasteiger charge is -2.11. The number of fused-ring (bicyclic) bond motifs is 1. The zero-order valence-corrected chi connectivity index (χ0v) is 11.3. The maximum atomic E-state index is 13.2. The van der Waals surface area contributed by atoms with Crippen molar-refractivity contribution in [1.29, 1.82) is 0 Å². The molecule has 2 aromatic carbocycles. The maximum Gasteiger partial charge on any atom is 0.159 e. The molecule has 0 amide bonds. The summed E-state index contributed by atoms with van der Waals surface area (Å²) in [4.78, 5) is 0. The molecular formula is C16H12F2OS. The van der Waals surface area contributed by atoms with E-state index in [-0.39, 0.29) is 0 Å². The lowest BCUT2D eigenvalue weighted by atomic mass is 10.0. The number of hydrogen-bond acceptors (Lipinski definition) is 2. The molecule has 1 atom stereocenters. The van der Waals surface area contributed by atoms with Crippen LogP contribution in [0.25, 0.3) is 10.1 Å². The van der Waals surface area contributed by atoms with Crippen molar-refractivity contribution in [3.63, 3.8) is 0 Å². The van der Waals surface area contributed by atoms with Crippen molar-refractivity contribution in [1.82, 2.24) is 0 Å². The Bertz CT molecular complexity index is 751. The minimum atomic E-state index is -0.934. The van der Waals surface area contributed by atoms with Gasteiger partial charge in [0, 0.05) is 11.1 Å². The number of benzene rings is 2. The van der Waals surface area contributed by atoms with Gasteiger partial charge < -0.3 is 5.11 Å². The molecule has 0 spiro atoms. The van der Waals surface area contributed by atoms with Crippen molar-refractivity contribution < 1.29 is 13.9 Å². The van der Waals surface area contributed by atoms with E-state index < -0.39 is 17.7 Å². The number of halogens is 2. The van der Waals surface area contributed by atoms with E-state index in [2.05, 4.69) is 0 Å². The van der Waals surface area contributed by atoms with Crippen LogP contribution in [0, 0.1) is 11.6 Å². The summed E-state index contributed by atoms with van der Waals surface area (Å²) in [5.74, 6) is -1.83. The standard InChI is InChI=1S/C16H12F2OS/c17-13-6-5-10(7-14(13)18)15(19)8-11-9-20-16-4-2-1-3-12(11)16/h1-7,9,15,19H,8H2. The van der Waals surface area contributed by atoms with Crippen LogP contribution in [0.15, 0.2) is 47.8 Å². The van der Waals surface area contributed by atoms with E-state index in [0.29, 0.717) is 12.0 Å². The van der Waals surface area contributed by atoms with Gasteiger partial charge in [0.05, 0.1) is 6.10 Å². The molecule has 0 aliphatic heterocycles. The highest BCUT2D eigenvalue weighted by atomic mass is 32.1. The second-order valence-corrected chi connectivity index (χ2v) is 5.56. The lowest BCUT2D eigenvalue weighted by molar-refractivity contribution is 0.178. The highest BCUT2D eigenvalue weighted by molar-refractivity contribution is 7.17. The van der Waals surface area contributed by atoms with Crippen LogP contribution in [0.2, 0.25) is 0 Å². The predicted octanol–water partition coefficient (Wildman–Crippen LogP) is 4.46. The molecule has 0 aliphatic rings. The maximum absolute atomic E-state index is 13.2. The third-order valence-corrected chi connectivity index (χ3v) is 4.32. The zero-order chi connectivity index (χ0) is 14.1. The highest BCUT2D eigenvalue weighted by Crippen LogP contribution is 2.29. The molecule has 4 heteroatoms. The molecule has 20 heavy (non-hydrogen) atoms. The Kier molecular flexibility index (Phi) is 3.51. The van der Waals surface area contributed by atoms with Gasteiger partial charge in [-0.25, -0.2) is 8.78 Å². The fourth-order valence-corrected chi connectivity index (χ4v) is 3.21. The Balaban J connectivity index is 1.88. The van der Waals surface area contributed by atoms with Crippen LogP contribution in [0.3, 0.4) is 0 Å². The summed E-state index contributed by atoms with van der Waals surface area (Å²) in [6.45, 7) is 0. The third-order valence-electron chi connectivity index (χ3n) is 3.30. The molecule has 1 unspecified atom stereocenters. The van der Waals surface area contributed by atoms with Crippen molar-refractivity contribution >= 4 is 21.4 Å². The molecule has 0 aliphatic carbocycles. The van der Waals surface area contributed by atoms with E-state index in [9.17, 15) is 13.9 Å². The Hall–Kier alpha value is -1.78. The van der Waals surface area contributed by atoms with Crippen molar-refractivity contribution in [3.05, 3.63) is 70.6 Å². The molecule has 1 nitrogen and oxygen atoms in total. The number of rotatable bonds is 3. The van der Waals surface area contributed by atoms with E-state index in [1.54, 1.807) is 11.3 Å². The summed E-state index contributed by atoms with van der Waals surface area (Å²) in [5.41, 5.74) is 1.40. The molecule has 3 rings (SSSR count). The van der Waals surface area contributed by atoms with Crippen molar-refractivity contribution in [2.24, 2.45) is 0 Å². The van der Waals surface area contributed by atoms with Crippen LogP contribution < -0.4 is 0 Å². The molecule has 0 radical (unpaired) electrons. The second kappa shape index (κ2) is 5.31. The van der Waals surface area contributed by atoms with Gasteiger partial charge in [0.1, 0.15) is 0 Å².